The molecule has 0 aromatic rings. The third-order valence-electron chi connectivity index (χ3n) is 5.53. The second-order valence-electron chi connectivity index (χ2n) is 7.24. The first-order valence-electron chi connectivity index (χ1n) is 9.02. The molecule has 0 bridgehead atoms. The smallest absolute Gasteiger partial charge is 0.222 e. The van der Waals surface area contributed by atoms with Crippen molar-refractivity contribution < 1.29 is 9.53 Å². The van der Waals surface area contributed by atoms with Crippen LogP contribution in [0.15, 0.2) is 0 Å². The van der Waals surface area contributed by atoms with Crippen molar-refractivity contribution >= 4 is 5.91 Å². The van der Waals surface area contributed by atoms with Gasteiger partial charge in [0, 0.05) is 17.9 Å². The second kappa shape index (κ2) is 7.62. The Bertz CT molecular complexity index is 338. The van der Waals surface area contributed by atoms with Gasteiger partial charge in [-0.1, -0.05) is 53.4 Å². The Morgan fingerprint density at radius 1 is 1.19 bits per heavy atom. The van der Waals surface area contributed by atoms with Gasteiger partial charge in [-0.3, -0.25) is 4.79 Å². The lowest BCUT2D eigenvalue weighted by molar-refractivity contribution is -0.143. The maximum atomic E-state index is 12.1. The predicted molar refractivity (Wildman–Crippen MR) is 86.1 cm³/mol. The van der Waals surface area contributed by atoms with Crippen LogP contribution >= 0.6 is 0 Å². The summed E-state index contributed by atoms with van der Waals surface area (Å²) >= 11 is 0. The van der Waals surface area contributed by atoms with E-state index in [1.807, 2.05) is 13.8 Å². The summed E-state index contributed by atoms with van der Waals surface area (Å²) in [7, 11) is 0. The maximum absolute atomic E-state index is 12.1. The molecule has 3 heteroatoms. The molecule has 1 saturated carbocycles. The number of hydrogen-bond donors (Lipinski definition) is 1. The summed E-state index contributed by atoms with van der Waals surface area (Å²) in [6.45, 7) is 8.47. The molecule has 21 heavy (non-hydrogen) atoms. The van der Waals surface area contributed by atoms with Gasteiger partial charge in [-0.15, -0.1) is 0 Å². The summed E-state index contributed by atoms with van der Waals surface area (Å²) < 4.78 is 6.46. The number of fused-ring (bicyclic) bond motifs is 1. The first kappa shape index (κ1) is 16.8. The van der Waals surface area contributed by atoms with Gasteiger partial charge >= 0.3 is 0 Å². The molecule has 1 N–H and O–H groups in total. The lowest BCUT2D eigenvalue weighted by Gasteiger charge is -2.47. The third kappa shape index (κ3) is 4.00. The van der Waals surface area contributed by atoms with Crippen molar-refractivity contribution in [3.05, 3.63) is 0 Å². The summed E-state index contributed by atoms with van der Waals surface area (Å²) in [5.74, 6) is 1.44. The first-order valence-corrected chi connectivity index (χ1v) is 9.02. The van der Waals surface area contributed by atoms with E-state index in [0.29, 0.717) is 30.1 Å². The van der Waals surface area contributed by atoms with Crippen LogP contribution in [0.1, 0.15) is 72.6 Å². The van der Waals surface area contributed by atoms with Crippen LogP contribution in [-0.4, -0.2) is 24.2 Å². The van der Waals surface area contributed by atoms with E-state index < -0.39 is 0 Å². The molecule has 2 fully saturated rings. The summed E-state index contributed by atoms with van der Waals surface area (Å²) in [5.41, 5.74) is 0. The van der Waals surface area contributed by atoms with E-state index in [9.17, 15) is 4.79 Å². The Balaban J connectivity index is 2.08. The van der Waals surface area contributed by atoms with Gasteiger partial charge in [0.05, 0.1) is 12.2 Å². The van der Waals surface area contributed by atoms with Crippen molar-refractivity contribution in [3.8, 4) is 0 Å². The van der Waals surface area contributed by atoms with Crippen molar-refractivity contribution in [2.24, 2.45) is 17.8 Å². The van der Waals surface area contributed by atoms with Crippen molar-refractivity contribution in [1.82, 2.24) is 5.32 Å². The highest BCUT2D eigenvalue weighted by atomic mass is 16.5. The zero-order chi connectivity index (χ0) is 15.4. The van der Waals surface area contributed by atoms with Crippen LogP contribution in [0.25, 0.3) is 0 Å². The summed E-state index contributed by atoms with van der Waals surface area (Å²) in [4.78, 5) is 12.1. The highest BCUT2D eigenvalue weighted by Crippen LogP contribution is 2.39. The Morgan fingerprint density at radius 2 is 1.86 bits per heavy atom. The molecule has 1 amide bonds. The molecule has 122 valence electrons. The normalized spacial score (nSPS) is 33.0. The largest absolute Gasteiger partial charge is 0.374 e. The number of carbonyl (C=O) groups excluding carboxylic acids is 1. The highest BCUT2D eigenvalue weighted by molar-refractivity contribution is 5.78. The highest BCUT2D eigenvalue weighted by Gasteiger charge is 2.42. The predicted octanol–water partition coefficient (Wildman–Crippen LogP) is 3.91. The molecule has 4 atom stereocenters. The Kier molecular flexibility index (Phi) is 6.09. The topological polar surface area (TPSA) is 38.3 Å². The third-order valence-corrected chi connectivity index (χ3v) is 5.53. The molecule has 0 aromatic carbocycles. The number of carbonyl (C=O) groups is 1. The fourth-order valence-electron chi connectivity index (χ4n) is 4.09. The molecule has 1 aliphatic heterocycles. The molecule has 0 radical (unpaired) electrons. The van der Waals surface area contributed by atoms with E-state index >= 15 is 0 Å². The van der Waals surface area contributed by atoms with E-state index in [2.05, 4.69) is 19.2 Å². The minimum Gasteiger partial charge on any atom is -0.374 e. The fraction of sp³-hybridized carbons (Fsp3) is 0.944. The van der Waals surface area contributed by atoms with Gasteiger partial charge in [-0.05, 0) is 25.2 Å². The lowest BCUT2D eigenvalue weighted by Crippen LogP contribution is -2.55. The molecule has 2 rings (SSSR count). The lowest BCUT2D eigenvalue weighted by atomic mass is 9.75. The van der Waals surface area contributed by atoms with E-state index in [4.69, 9.17) is 4.74 Å². The fourth-order valence-corrected chi connectivity index (χ4v) is 4.09. The minimum absolute atomic E-state index is 0.0708. The SMILES string of the molecule is CCC(CC)[C@H]1C[C@@H](NC(=O)C(C)C)[C@@H]2CCCC[C@H]2O1. The molecular weight excluding hydrogens is 262 g/mol. The Labute approximate surface area is 130 Å². The van der Waals surface area contributed by atoms with Crippen molar-refractivity contribution in [3.63, 3.8) is 0 Å². The van der Waals surface area contributed by atoms with E-state index in [1.54, 1.807) is 0 Å². The van der Waals surface area contributed by atoms with Crippen LogP contribution in [0.3, 0.4) is 0 Å². The van der Waals surface area contributed by atoms with Gasteiger partial charge in [-0.2, -0.15) is 0 Å². The number of nitrogens with one attached hydrogen (secondary N) is 1. The van der Waals surface area contributed by atoms with Crippen LogP contribution in [0, 0.1) is 17.8 Å². The molecule has 1 aliphatic carbocycles. The molecule has 1 heterocycles. The Hall–Kier alpha value is -0.570. The molecule has 0 spiro atoms. The van der Waals surface area contributed by atoms with Gasteiger partial charge in [0.2, 0.25) is 5.91 Å². The number of hydrogen-bond acceptors (Lipinski definition) is 2. The van der Waals surface area contributed by atoms with Crippen LogP contribution < -0.4 is 5.32 Å². The average molecular weight is 295 g/mol. The molecule has 0 aromatic heterocycles. The molecule has 1 saturated heterocycles. The standard InChI is InChI=1S/C18H33NO2/c1-5-13(6-2)17-11-15(19-18(20)12(3)4)14-9-7-8-10-16(14)21-17/h12-17H,5-11H2,1-4H3,(H,19,20)/t14-,15+,16+,17+/m0/s1. The van der Waals surface area contributed by atoms with Crippen molar-refractivity contribution in [2.45, 2.75) is 90.9 Å². The molecular formula is C18H33NO2. The number of ether oxygens (including phenoxy) is 1. The average Bonchev–Trinajstić information content (AvgIpc) is 2.48. The van der Waals surface area contributed by atoms with Crippen LogP contribution in [0.2, 0.25) is 0 Å². The number of amides is 1. The van der Waals surface area contributed by atoms with Crippen LogP contribution in [0.4, 0.5) is 0 Å². The first-order chi connectivity index (χ1) is 10.1. The quantitative estimate of drug-likeness (QED) is 0.835. The van der Waals surface area contributed by atoms with Crippen molar-refractivity contribution in [2.75, 3.05) is 0 Å². The summed E-state index contributed by atoms with van der Waals surface area (Å²) in [6.07, 6.45) is 9.00. The van der Waals surface area contributed by atoms with Crippen LogP contribution in [0.5, 0.6) is 0 Å². The van der Waals surface area contributed by atoms with E-state index in [-0.39, 0.29) is 11.8 Å². The van der Waals surface area contributed by atoms with Gasteiger partial charge in [0.15, 0.2) is 0 Å². The molecule has 0 unspecified atom stereocenters. The zero-order valence-corrected chi connectivity index (χ0v) is 14.2. The summed E-state index contributed by atoms with van der Waals surface area (Å²) in [5, 5.41) is 3.33. The van der Waals surface area contributed by atoms with Gasteiger partial charge < -0.3 is 10.1 Å². The second-order valence-corrected chi connectivity index (χ2v) is 7.24. The van der Waals surface area contributed by atoms with E-state index in [0.717, 1.165) is 6.42 Å². The minimum atomic E-state index is 0.0708. The van der Waals surface area contributed by atoms with E-state index in [1.165, 1.54) is 38.5 Å². The molecule has 2 aliphatic rings. The van der Waals surface area contributed by atoms with Gasteiger partial charge in [0.1, 0.15) is 0 Å². The molecule has 3 nitrogen and oxygen atoms in total. The monoisotopic (exact) mass is 295 g/mol. The Morgan fingerprint density at radius 3 is 2.48 bits per heavy atom. The van der Waals surface area contributed by atoms with Gasteiger partial charge in [0.25, 0.3) is 0 Å². The van der Waals surface area contributed by atoms with Crippen molar-refractivity contribution in [1.29, 1.82) is 0 Å². The summed E-state index contributed by atoms with van der Waals surface area (Å²) in [6, 6.07) is 0.324. The maximum Gasteiger partial charge on any atom is 0.222 e. The number of rotatable bonds is 5. The van der Waals surface area contributed by atoms with Gasteiger partial charge in [-0.25, -0.2) is 0 Å². The zero-order valence-electron chi connectivity index (χ0n) is 14.2. The van der Waals surface area contributed by atoms with Crippen LogP contribution in [-0.2, 0) is 9.53 Å².